The highest BCUT2D eigenvalue weighted by Crippen LogP contribution is 2.25. The predicted octanol–water partition coefficient (Wildman–Crippen LogP) is -0.657. The molecule has 1 aliphatic rings. The number of carbonyl (C=O) groups is 9. The van der Waals surface area contributed by atoms with E-state index in [9.17, 15) is 72.0 Å². The molecule has 3 aromatic carbocycles. The number of carboxylic acid groups (broad SMARTS) is 2. The molecule has 7 amide bonds. The lowest BCUT2D eigenvalue weighted by Crippen LogP contribution is -2.62. The maximum Gasteiger partial charge on any atom is 0.490 e. The van der Waals surface area contributed by atoms with Gasteiger partial charge in [0.25, 0.3) is 0 Å². The van der Waals surface area contributed by atoms with Crippen LogP contribution >= 0.6 is 21.6 Å². The zero-order valence-electron chi connectivity index (χ0n) is 44.0. The third-order valence-corrected chi connectivity index (χ3v) is 14.8. The summed E-state index contributed by atoms with van der Waals surface area (Å²) in [4.78, 5) is 121. The summed E-state index contributed by atoms with van der Waals surface area (Å²) in [7, 11) is 1.88. The molecule has 0 radical (unpaired) electrons. The van der Waals surface area contributed by atoms with E-state index in [1.807, 2.05) is 0 Å². The van der Waals surface area contributed by atoms with Crippen LogP contribution in [0, 0.1) is 0 Å². The molecule has 2 heterocycles. The van der Waals surface area contributed by atoms with Crippen LogP contribution in [0.1, 0.15) is 49.8 Å². The second-order valence-electron chi connectivity index (χ2n) is 18.7. The largest absolute Gasteiger partial charge is 0.490 e. The summed E-state index contributed by atoms with van der Waals surface area (Å²) < 4.78 is 33.3. The van der Waals surface area contributed by atoms with E-state index in [4.69, 9.17) is 21.4 Å². The molecule has 10 atom stereocenters. The van der Waals surface area contributed by atoms with Crippen LogP contribution in [0.2, 0.25) is 0 Å². The first-order valence-corrected chi connectivity index (χ1v) is 27.8. The highest BCUT2D eigenvalue weighted by molar-refractivity contribution is 8.76. The van der Waals surface area contributed by atoms with Gasteiger partial charge in [-0.05, 0) is 68.8 Å². The van der Waals surface area contributed by atoms with Crippen LogP contribution < -0.4 is 48.7 Å². The Hall–Kier alpha value is -7.28. The number of halogens is 3. The molecule has 1 aromatic heterocycles. The molecule has 1 saturated heterocycles. The van der Waals surface area contributed by atoms with Crippen molar-refractivity contribution < 1.29 is 81.9 Å². The molecule has 1 aliphatic heterocycles. The Bertz CT molecular complexity index is 2780. The van der Waals surface area contributed by atoms with E-state index in [-0.39, 0.29) is 43.7 Å². The lowest BCUT2D eigenvalue weighted by atomic mass is 10.0. The van der Waals surface area contributed by atoms with E-state index >= 15 is 0 Å². The van der Waals surface area contributed by atoms with Gasteiger partial charge in [0.05, 0.1) is 23.8 Å². The van der Waals surface area contributed by atoms with Gasteiger partial charge in [0.1, 0.15) is 43.0 Å². The Morgan fingerprint density at radius 2 is 1.27 bits per heavy atom. The fraction of sp³-hybridized carbons (Fsp3) is 0.442. The van der Waals surface area contributed by atoms with Crippen LogP contribution in [-0.4, -0.2) is 168 Å². The second-order valence-corrected chi connectivity index (χ2v) is 21.3. The standard InChI is InChI=1S/C50H66N10O12S2.C2HF3O2/c1-28(62)41-49(70)57-39(48(69)59-42(29(2)63)50(71)72)26-74-73-25-38(56-43(64)34(52)21-30-13-5-3-6-14-30)47(68)54-36(22-31-15-7-4-8-16-31)45(66)55-37(46(67)53-35(44(65)58-41)18-11-12-20-51)23-32-24-60(27-61)40-19-10-9-17-33(32)40;3-2(4,5)1(6)7/h3-10,13-17,19,24,28-29,34-39,41-42,61-63H,11-12,18,20-23,25-27,51-52H2,1-2H3,(H,53,67)(H,54,68)(H,55,66)(H,56,64)(H,57,70)(H,58,65)(H,59,69)(H,71,72);(H,6,7)/t28-,29-,34-,35+,36+,37-,38+,39+,41+,42+;/m1./s1. The molecule has 0 saturated carbocycles. The molecular formula is C52H67F3N10O14S2. The highest BCUT2D eigenvalue weighted by atomic mass is 33.1. The first-order chi connectivity index (χ1) is 38.3. The number of unbranched alkanes of at least 4 members (excludes halogenated alkanes) is 1. The van der Waals surface area contributed by atoms with Crippen LogP contribution in [0.15, 0.2) is 91.1 Å². The van der Waals surface area contributed by atoms with Crippen molar-refractivity contribution in [1.82, 2.24) is 41.8 Å². The topological polar surface area (TPSA) is 396 Å². The average molecular weight is 1180 g/mol. The number of aliphatic carboxylic acids is 2. The van der Waals surface area contributed by atoms with Crippen molar-refractivity contribution >= 4 is 85.8 Å². The third-order valence-electron chi connectivity index (χ3n) is 12.4. The van der Waals surface area contributed by atoms with E-state index in [1.165, 1.54) is 6.92 Å². The molecule has 81 heavy (non-hydrogen) atoms. The smallest absolute Gasteiger partial charge is 0.480 e. The maximum absolute atomic E-state index is 14.8. The van der Waals surface area contributed by atoms with Gasteiger partial charge in [-0.2, -0.15) is 13.2 Å². The van der Waals surface area contributed by atoms with Crippen molar-refractivity contribution in [1.29, 1.82) is 0 Å². The molecule has 0 bridgehead atoms. The summed E-state index contributed by atoms with van der Waals surface area (Å²) in [5.74, 6) is -11.2. The van der Waals surface area contributed by atoms with Crippen molar-refractivity contribution in [3.05, 3.63) is 108 Å². The number of carboxylic acids is 2. The quantitative estimate of drug-likeness (QED) is 0.0434. The van der Waals surface area contributed by atoms with Crippen molar-refractivity contribution in [2.24, 2.45) is 11.5 Å². The number of aliphatic hydroxyl groups is 3. The molecular weight excluding hydrogens is 1110 g/mol. The monoisotopic (exact) mass is 1180 g/mol. The zero-order valence-corrected chi connectivity index (χ0v) is 45.6. The Labute approximate surface area is 470 Å². The Morgan fingerprint density at radius 1 is 0.728 bits per heavy atom. The first kappa shape index (κ1) is 66.2. The number of aromatic nitrogens is 1. The Morgan fingerprint density at radius 3 is 1.84 bits per heavy atom. The number of nitrogens with one attached hydrogen (secondary N) is 7. The SMILES string of the molecule is C[C@@H](O)[C@H](NC(=O)[C@@H]1CSSC[C@H](NC(=O)[C@H](N)Cc2ccccc2)C(=O)N[C@@H](Cc2ccccc2)C(=O)N[C@H](Cc2cn(CO)c3ccccc23)C(=O)N[C@@H](CCCCN)C(=O)N[C@@H]([C@@H](C)O)C(=O)N1)C(=O)O.O=C(O)C(F)(F)F. The van der Waals surface area contributed by atoms with Gasteiger partial charge in [0, 0.05) is 35.9 Å². The van der Waals surface area contributed by atoms with Crippen LogP contribution in [0.4, 0.5) is 13.2 Å². The summed E-state index contributed by atoms with van der Waals surface area (Å²) in [5.41, 5.74) is 14.6. The number of hydrogen-bond acceptors (Lipinski definition) is 16. The first-order valence-electron chi connectivity index (χ1n) is 25.3. The minimum atomic E-state index is -5.08. The van der Waals surface area contributed by atoms with Gasteiger partial charge >= 0.3 is 18.1 Å². The van der Waals surface area contributed by atoms with Crippen LogP contribution in [0.3, 0.4) is 0 Å². The van der Waals surface area contributed by atoms with E-state index in [0.717, 1.165) is 34.1 Å². The molecule has 442 valence electrons. The highest BCUT2D eigenvalue weighted by Gasteiger charge is 2.39. The number of hydrogen-bond donors (Lipinski definition) is 14. The molecule has 24 nitrogen and oxygen atoms in total. The summed E-state index contributed by atoms with van der Waals surface area (Å²) in [6, 6.07) is 12.7. The number of fused-ring (bicyclic) bond motifs is 1. The molecule has 0 spiro atoms. The third kappa shape index (κ3) is 21.0. The van der Waals surface area contributed by atoms with Gasteiger partial charge in [-0.3, -0.25) is 33.6 Å². The molecule has 16 N–H and O–H groups in total. The minimum Gasteiger partial charge on any atom is -0.480 e. The summed E-state index contributed by atoms with van der Waals surface area (Å²) >= 11 is 0. The number of carbonyl (C=O) groups excluding carboxylic acids is 7. The average Bonchev–Trinajstić information content (AvgIpc) is 3.91. The van der Waals surface area contributed by atoms with Gasteiger partial charge in [-0.25, -0.2) is 9.59 Å². The van der Waals surface area contributed by atoms with Gasteiger partial charge in [-0.15, -0.1) is 0 Å². The lowest BCUT2D eigenvalue weighted by Gasteiger charge is -2.29. The molecule has 29 heteroatoms. The van der Waals surface area contributed by atoms with Crippen LogP contribution in [0.5, 0.6) is 0 Å². The number of para-hydroxylation sites is 1. The number of aliphatic hydroxyl groups excluding tert-OH is 3. The van der Waals surface area contributed by atoms with Gasteiger partial charge in [-0.1, -0.05) is 100 Å². The molecule has 4 aromatic rings. The molecule has 5 rings (SSSR count). The van der Waals surface area contributed by atoms with Crippen molar-refractivity contribution in [2.45, 2.75) is 126 Å². The van der Waals surface area contributed by atoms with Gasteiger partial charge in [0.15, 0.2) is 6.04 Å². The number of nitrogens with two attached hydrogens (primary N) is 2. The summed E-state index contributed by atoms with van der Waals surface area (Å²) in [5, 5.41) is 67.0. The zero-order chi connectivity index (χ0) is 60.0. The lowest BCUT2D eigenvalue weighted by molar-refractivity contribution is -0.192. The van der Waals surface area contributed by atoms with Crippen LogP contribution in [-0.2, 0) is 69.1 Å². The fourth-order valence-electron chi connectivity index (χ4n) is 8.07. The van der Waals surface area contributed by atoms with E-state index < -0.39 is 127 Å². The van der Waals surface area contributed by atoms with E-state index in [1.54, 1.807) is 95.7 Å². The predicted molar refractivity (Wildman–Crippen MR) is 292 cm³/mol. The molecule has 0 aliphatic carbocycles. The summed E-state index contributed by atoms with van der Waals surface area (Å²) in [6.45, 7) is 2.14. The number of benzene rings is 3. The van der Waals surface area contributed by atoms with Crippen LogP contribution in [0.25, 0.3) is 10.9 Å². The minimum absolute atomic E-state index is 0.0307. The number of alkyl halides is 3. The maximum atomic E-state index is 14.8. The van der Waals surface area contributed by atoms with E-state index in [0.29, 0.717) is 34.9 Å². The van der Waals surface area contributed by atoms with Gasteiger partial charge in [0.2, 0.25) is 41.4 Å². The Balaban J connectivity index is 0.00000189. The summed E-state index contributed by atoms with van der Waals surface area (Å²) in [6.07, 6.45) is -6.17. The van der Waals surface area contributed by atoms with E-state index in [2.05, 4.69) is 37.2 Å². The number of nitrogens with zero attached hydrogens (tertiary/aromatic N) is 1. The Kier molecular flexibility index (Phi) is 26.4. The normalized spacial score (nSPS) is 21.4. The van der Waals surface area contributed by atoms with Crippen molar-refractivity contribution in [3.8, 4) is 0 Å². The molecule has 0 unspecified atom stereocenters. The second kappa shape index (κ2) is 32.2. The van der Waals surface area contributed by atoms with Crippen molar-refractivity contribution in [2.75, 3.05) is 18.1 Å². The van der Waals surface area contributed by atoms with Gasteiger partial charge < -0.3 is 78.8 Å². The molecule has 1 fully saturated rings. The fourth-order valence-corrected chi connectivity index (χ4v) is 10.4. The number of amides is 7. The van der Waals surface area contributed by atoms with Crippen molar-refractivity contribution in [3.63, 3.8) is 0 Å². The number of rotatable bonds is 18.